The van der Waals surface area contributed by atoms with Crippen molar-refractivity contribution in [3.05, 3.63) is 233 Å². The molecule has 42 nitrogen and oxygen atoms in total. The molecule has 4 saturated carbocycles. The third-order valence-corrected chi connectivity index (χ3v) is 22.5. The van der Waals surface area contributed by atoms with Gasteiger partial charge in [0.1, 0.15) is 104 Å². The molecule has 131 heavy (non-hydrogen) atoms. The van der Waals surface area contributed by atoms with E-state index in [9.17, 15) is 47.1 Å². The third kappa shape index (κ3) is 18.8. The van der Waals surface area contributed by atoms with Gasteiger partial charge in [-0.25, -0.2) is 28.7 Å². The van der Waals surface area contributed by atoms with Crippen molar-refractivity contribution in [1.29, 1.82) is 0 Å². The van der Waals surface area contributed by atoms with Crippen molar-refractivity contribution >= 4 is 133 Å². The number of benzene rings is 1. The van der Waals surface area contributed by atoms with Gasteiger partial charge in [0.2, 0.25) is 0 Å². The smallest absolute Gasteiger partial charge is 0.280 e. The Kier molecular flexibility index (Phi) is 24.5. The fourth-order valence-corrected chi connectivity index (χ4v) is 14.6. The van der Waals surface area contributed by atoms with Crippen LogP contribution in [0.2, 0.25) is 5.02 Å². The van der Waals surface area contributed by atoms with E-state index < -0.39 is 36.2 Å². The molecule has 0 radical (unpaired) electrons. The van der Waals surface area contributed by atoms with E-state index in [0.717, 1.165) is 61.5 Å². The molecular weight excluding hydrogens is 1710 g/mol. The summed E-state index contributed by atoms with van der Waals surface area (Å²) in [5, 5.41) is 61.7. The largest absolute Gasteiger partial charge is 0.378 e. The number of halogens is 3. The fraction of sp³-hybridized carbons (Fsp3) is 0.302. The van der Waals surface area contributed by atoms with Gasteiger partial charge < -0.3 is 78.0 Å². The maximum Gasteiger partial charge on any atom is 0.280 e. The number of ether oxygens (including phenoxy) is 1. The van der Waals surface area contributed by atoms with Crippen LogP contribution in [0.1, 0.15) is 98.3 Å². The second-order valence-corrected chi connectivity index (χ2v) is 32.0. The van der Waals surface area contributed by atoms with Gasteiger partial charge in [0, 0.05) is 171 Å². The highest BCUT2D eigenvalue weighted by molar-refractivity contribution is 6.30. The maximum absolute atomic E-state index is 13.4. The molecule has 1 aromatic carbocycles. The highest BCUT2D eigenvalue weighted by Gasteiger charge is 2.41. The SMILES string of the molecule is CCn1cc(Cl)cc(Nc2cc(NC)n3ncc(C(=O)NC4CC4)c3n2)c1=O.CNc1cc(Nc2cccn(-c3cc(C)n(C)n3)c2=O)nc2c(C(=O)NC3CC3)cnn12.CNc1cc(Nc2cccn(-c3cc(C)n(C)n3)c2=O)nc2c(C(=O)N[C@H]3C[C@H]3F)cnn12.CNc1cc(Nc2cccn(-c3ccc(N4CCOCC4)cc3)c2=O)nc2c(C(=O)N[C@H]3C[C@H]3F)cnn12. The van der Waals surface area contributed by atoms with Crippen LogP contribution in [0.25, 0.3) is 39.9 Å². The highest BCUT2D eigenvalue weighted by Crippen LogP contribution is 2.32. The Morgan fingerprint density at radius 2 is 0.786 bits per heavy atom. The van der Waals surface area contributed by atoms with E-state index in [1.807, 2.05) is 64.2 Å². The molecule has 15 aromatic rings. The monoisotopic (exact) mass is 1800 g/mol. The van der Waals surface area contributed by atoms with Crippen LogP contribution in [-0.2, 0) is 25.4 Å². The lowest BCUT2D eigenvalue weighted by molar-refractivity contribution is 0.0940. The number of pyridine rings is 4. The highest BCUT2D eigenvalue weighted by atomic mass is 35.5. The van der Waals surface area contributed by atoms with Gasteiger partial charge in [-0.1, -0.05) is 11.6 Å². The molecule has 0 unspecified atom stereocenters. The Labute approximate surface area is 747 Å². The van der Waals surface area contributed by atoms with E-state index in [1.54, 1.807) is 150 Å². The third-order valence-electron chi connectivity index (χ3n) is 22.3. The molecule has 1 aliphatic heterocycles. The van der Waals surface area contributed by atoms with Crippen LogP contribution in [0.3, 0.4) is 0 Å². The molecular formula is C86H92ClF2N33O9. The summed E-state index contributed by atoms with van der Waals surface area (Å²) >= 11 is 6.12. The van der Waals surface area contributed by atoms with E-state index in [-0.39, 0.29) is 74.2 Å². The first kappa shape index (κ1) is 87.2. The molecule has 5 aliphatic rings. The van der Waals surface area contributed by atoms with Crippen LogP contribution >= 0.6 is 11.6 Å². The number of fused-ring (bicyclic) bond motifs is 4. The van der Waals surface area contributed by atoms with Gasteiger partial charge in [-0.3, -0.25) is 61.4 Å². The van der Waals surface area contributed by atoms with Gasteiger partial charge in [0.25, 0.3) is 45.9 Å². The fourth-order valence-electron chi connectivity index (χ4n) is 14.3. The van der Waals surface area contributed by atoms with Gasteiger partial charge >= 0.3 is 0 Å². The van der Waals surface area contributed by atoms with Gasteiger partial charge in [0.05, 0.1) is 55.1 Å². The number of morpholine rings is 1. The average Bonchev–Trinajstić information content (AvgIpc) is 1.66. The lowest BCUT2D eigenvalue weighted by Gasteiger charge is -2.29. The number of aromatic nitrogens is 20. The number of hydrogen-bond acceptors (Lipinski definition) is 28. The normalized spacial score (nSPS) is 16.0. The first-order valence-corrected chi connectivity index (χ1v) is 42.6. The number of carbonyl (C=O) groups excluding carboxylic acids is 4. The van der Waals surface area contributed by atoms with E-state index >= 15 is 0 Å². The zero-order valence-corrected chi connectivity index (χ0v) is 73.1. The van der Waals surface area contributed by atoms with Gasteiger partial charge in [-0.2, -0.15) is 48.7 Å². The van der Waals surface area contributed by atoms with Gasteiger partial charge in [-0.15, -0.1) is 0 Å². The van der Waals surface area contributed by atoms with Crippen molar-refractivity contribution in [2.75, 3.05) is 102 Å². The Morgan fingerprint density at radius 1 is 0.450 bits per heavy atom. The Hall–Kier alpha value is -15.9. The van der Waals surface area contributed by atoms with Gasteiger partial charge in [-0.05, 0) is 113 Å². The molecule has 0 bridgehead atoms. The summed E-state index contributed by atoms with van der Waals surface area (Å²) in [5.74, 6) is 3.58. The maximum atomic E-state index is 13.4. The number of aryl methyl sites for hydroxylation is 5. The van der Waals surface area contributed by atoms with E-state index in [2.05, 4.69) is 119 Å². The Bertz CT molecular complexity index is 7140. The summed E-state index contributed by atoms with van der Waals surface area (Å²) in [6, 6.07) is 29.6. The van der Waals surface area contributed by atoms with Crippen LogP contribution in [0.15, 0.2) is 172 Å². The van der Waals surface area contributed by atoms with Crippen molar-refractivity contribution in [1.82, 2.24) is 117 Å². The first-order chi connectivity index (χ1) is 63.3. The predicted octanol–water partition coefficient (Wildman–Crippen LogP) is 7.73. The zero-order valence-electron chi connectivity index (χ0n) is 72.4. The number of nitrogens with one attached hydrogen (secondary N) is 12. The molecule has 45 heteroatoms. The number of anilines is 13. The molecule has 15 heterocycles. The molecule has 1 saturated heterocycles. The Morgan fingerprint density at radius 3 is 1.11 bits per heavy atom. The number of hydrogen-bond donors (Lipinski definition) is 12. The van der Waals surface area contributed by atoms with Crippen molar-refractivity contribution in [3.63, 3.8) is 0 Å². The molecule has 14 aromatic heterocycles. The van der Waals surface area contributed by atoms with Crippen LogP contribution in [-0.4, -0.2) is 211 Å². The molecule has 0 spiro atoms. The van der Waals surface area contributed by atoms with Crippen LogP contribution < -0.4 is 90.9 Å². The standard InChI is InChI=1S/C26H27FN8O3.C21H22FN9O2.C21H23N9O2.C18H20ClN7O2/c1-28-23-14-22(32-24-18(15-29-35(23)24)25(36)31-21-13-19(21)27)30-20-3-2-8-34(26(20)37)17-6-4-16(5-7-17)33-9-11-38-12-10-33;1-11-7-18(28-29(11)3)30-6-4-5-14(21(30)33)25-16-9-17(23-2)31-19(27-16)12(10-24-31)20(32)26-15-8-13(15)22;1-12-9-18(27-28(12)3)29-8-4-5-15(21(29)32)25-16-10-17(22-2)30-19(26-16)14(11-23-30)20(31)24-13-6-7-13;1-3-25-9-10(19)6-13(18(25)28)23-14-7-15(20-2)26-16(24-14)12(8-21-26)17(27)22-11-4-5-11/h2-8,14-15,19,21,28H,9-13H2,1H3,(H,30,32)(H,31,36);4-7,9-10,13,15,23H,8H2,1-3H3,(H,25,27)(H,26,32);4-5,8-11,13,22H,6-7H2,1-3H3,(H,24,31)(H,25,26);6-9,11,20H,3-5H2,1-2H3,(H,22,27)(H,23,24)/t19-,21+;13-,15+;;/m11../s1. The van der Waals surface area contributed by atoms with E-state index in [1.165, 1.54) is 47.5 Å². The molecule has 676 valence electrons. The summed E-state index contributed by atoms with van der Waals surface area (Å²) in [6.45, 7) is 9.26. The molecule has 4 aliphatic carbocycles. The summed E-state index contributed by atoms with van der Waals surface area (Å²) in [7, 11) is 10.6. The van der Waals surface area contributed by atoms with Crippen molar-refractivity contribution < 1.29 is 32.7 Å². The zero-order chi connectivity index (χ0) is 91.7. The lowest BCUT2D eigenvalue weighted by atomic mass is 10.2. The minimum atomic E-state index is -1.02. The van der Waals surface area contributed by atoms with Crippen molar-refractivity contribution in [2.45, 2.75) is 102 Å². The summed E-state index contributed by atoms with van der Waals surface area (Å²) in [5.41, 5.74) is 6.39. The summed E-state index contributed by atoms with van der Waals surface area (Å²) in [6.07, 6.45) is 14.9. The molecule has 5 fully saturated rings. The quantitative estimate of drug-likeness (QED) is 0.0260. The molecule has 4 atom stereocenters. The van der Waals surface area contributed by atoms with E-state index in [0.29, 0.717) is 135 Å². The number of amides is 4. The van der Waals surface area contributed by atoms with Crippen molar-refractivity contribution in [3.8, 4) is 17.3 Å². The van der Waals surface area contributed by atoms with Gasteiger partial charge in [0.15, 0.2) is 34.2 Å². The summed E-state index contributed by atoms with van der Waals surface area (Å²) in [4.78, 5) is 123. The van der Waals surface area contributed by atoms with Crippen LogP contribution in [0, 0.1) is 13.8 Å². The predicted molar refractivity (Wildman–Crippen MR) is 489 cm³/mol. The molecule has 20 rings (SSSR count). The average molecular weight is 1810 g/mol. The van der Waals surface area contributed by atoms with Crippen LogP contribution in [0.4, 0.5) is 83.8 Å². The number of carbonyl (C=O) groups is 4. The lowest BCUT2D eigenvalue weighted by Crippen LogP contribution is -2.36. The second-order valence-electron chi connectivity index (χ2n) is 31.5. The summed E-state index contributed by atoms with van der Waals surface area (Å²) < 4.78 is 47.4. The Balaban J connectivity index is 0.000000123. The topological polar surface area (TPSA) is 470 Å². The second kappa shape index (κ2) is 36.8. The molecule has 4 amide bonds. The van der Waals surface area contributed by atoms with E-state index in [4.69, 9.17) is 16.3 Å². The first-order valence-electron chi connectivity index (χ1n) is 42.2. The number of rotatable bonds is 25. The minimum Gasteiger partial charge on any atom is -0.378 e. The number of nitrogens with zero attached hydrogens (tertiary/aromatic N) is 21. The van der Waals surface area contributed by atoms with Crippen molar-refractivity contribution in [2.24, 2.45) is 14.1 Å². The number of alkyl halides is 2. The van der Waals surface area contributed by atoms with Crippen LogP contribution in [0.5, 0.6) is 0 Å². The molecule has 12 N–H and O–H groups in total. The minimum absolute atomic E-state index is 0.207.